The van der Waals surface area contributed by atoms with E-state index in [1.807, 2.05) is 24.4 Å². The van der Waals surface area contributed by atoms with Gasteiger partial charge in [0.15, 0.2) is 0 Å². The van der Waals surface area contributed by atoms with Crippen LogP contribution in [0.5, 0.6) is 5.75 Å². The molecule has 32 heavy (non-hydrogen) atoms. The molecule has 0 spiro atoms. The predicted octanol–water partition coefficient (Wildman–Crippen LogP) is 2.78. The van der Waals surface area contributed by atoms with Crippen molar-refractivity contribution in [3.05, 3.63) is 54.2 Å². The summed E-state index contributed by atoms with van der Waals surface area (Å²) in [6.07, 6.45) is 4.44. The van der Waals surface area contributed by atoms with Crippen LogP contribution in [0.2, 0.25) is 0 Å². The number of methoxy groups -OCH3 is 1. The molecule has 1 unspecified atom stereocenters. The number of benzene rings is 1. The summed E-state index contributed by atoms with van der Waals surface area (Å²) >= 11 is 0. The average molecular weight is 439 g/mol. The van der Waals surface area contributed by atoms with E-state index in [2.05, 4.69) is 31.8 Å². The van der Waals surface area contributed by atoms with Gasteiger partial charge < -0.3 is 14.4 Å². The summed E-state index contributed by atoms with van der Waals surface area (Å²) < 4.78 is 10.6. The monoisotopic (exact) mass is 438 g/mol. The molecule has 4 rings (SSSR count). The molecular formula is C25H34N4O3. The first-order valence-corrected chi connectivity index (χ1v) is 11.6. The van der Waals surface area contributed by atoms with E-state index in [4.69, 9.17) is 9.47 Å². The third-order valence-corrected chi connectivity index (χ3v) is 6.42. The number of hydrogen-bond acceptors (Lipinski definition) is 7. The molecule has 0 radical (unpaired) electrons. The van der Waals surface area contributed by atoms with Crippen molar-refractivity contribution in [2.75, 3.05) is 71.0 Å². The molecular weight excluding hydrogens is 404 g/mol. The van der Waals surface area contributed by atoms with Gasteiger partial charge in [0.1, 0.15) is 18.2 Å². The number of piperidine rings is 1. The molecule has 0 saturated carbocycles. The Morgan fingerprint density at radius 2 is 1.84 bits per heavy atom. The first kappa shape index (κ1) is 22.6. The van der Waals surface area contributed by atoms with E-state index in [0.717, 1.165) is 63.3 Å². The number of nitrogens with zero attached hydrogens (tertiary/aromatic N) is 4. The van der Waals surface area contributed by atoms with Crippen molar-refractivity contribution in [2.45, 2.75) is 12.8 Å². The van der Waals surface area contributed by atoms with Crippen LogP contribution in [0, 0.1) is 5.92 Å². The number of ether oxygens (including phenoxy) is 2. The van der Waals surface area contributed by atoms with Crippen molar-refractivity contribution in [3.8, 4) is 5.75 Å². The summed E-state index contributed by atoms with van der Waals surface area (Å²) in [6, 6.07) is 13.3. The molecule has 1 aromatic heterocycles. The fraction of sp³-hybridized carbons (Fsp3) is 0.520. The summed E-state index contributed by atoms with van der Waals surface area (Å²) in [7, 11) is 1.39. The lowest BCUT2D eigenvalue weighted by Gasteiger charge is -2.39. The normalized spacial score (nSPS) is 20.2. The van der Waals surface area contributed by atoms with Crippen molar-refractivity contribution in [1.29, 1.82) is 0 Å². The number of rotatable bonds is 8. The van der Waals surface area contributed by atoms with Crippen molar-refractivity contribution in [3.63, 3.8) is 0 Å². The molecule has 0 N–H and O–H groups in total. The zero-order chi connectivity index (χ0) is 22.2. The number of carbonyl (C=O) groups excluding carboxylic acids is 1. The van der Waals surface area contributed by atoms with Crippen molar-refractivity contribution in [1.82, 2.24) is 14.8 Å². The zero-order valence-corrected chi connectivity index (χ0v) is 19.0. The topological polar surface area (TPSA) is 58.1 Å². The molecule has 1 atom stereocenters. The largest absolute Gasteiger partial charge is 0.492 e. The van der Waals surface area contributed by atoms with E-state index in [1.54, 1.807) is 12.1 Å². The summed E-state index contributed by atoms with van der Waals surface area (Å²) in [5, 5.41) is 0. The molecule has 7 nitrogen and oxygen atoms in total. The maximum Gasteiger partial charge on any atom is 0.337 e. The Labute approximate surface area is 190 Å². The third-order valence-electron chi connectivity index (χ3n) is 6.42. The van der Waals surface area contributed by atoms with Crippen LogP contribution in [0.4, 0.5) is 5.82 Å². The van der Waals surface area contributed by atoms with Crippen LogP contribution in [0.1, 0.15) is 23.2 Å². The van der Waals surface area contributed by atoms with Gasteiger partial charge in [-0.15, -0.1) is 0 Å². The van der Waals surface area contributed by atoms with Gasteiger partial charge in [-0.3, -0.25) is 9.80 Å². The SMILES string of the molecule is COC(=O)c1ccc(OCCN2CCCC(CN3CCN(c4ccccn4)CC3)C2)cc1. The molecule has 0 aliphatic carbocycles. The minimum absolute atomic E-state index is 0.325. The van der Waals surface area contributed by atoms with Crippen LogP contribution in [-0.2, 0) is 4.74 Å². The summed E-state index contributed by atoms with van der Waals surface area (Å²) in [5.41, 5.74) is 0.541. The number of anilines is 1. The molecule has 2 saturated heterocycles. The Morgan fingerprint density at radius 3 is 2.56 bits per heavy atom. The van der Waals surface area contributed by atoms with Gasteiger partial charge in [-0.1, -0.05) is 6.07 Å². The standard InChI is InChI=1S/C25H34N4O3/c1-31-25(30)22-7-9-23(10-8-22)32-18-17-27-12-4-5-21(19-27)20-28-13-15-29(16-14-28)24-6-2-3-11-26-24/h2-3,6-11,21H,4-5,12-20H2,1H3. The maximum atomic E-state index is 11.5. The molecule has 7 heteroatoms. The summed E-state index contributed by atoms with van der Waals surface area (Å²) in [4.78, 5) is 23.5. The highest BCUT2D eigenvalue weighted by Crippen LogP contribution is 2.20. The highest BCUT2D eigenvalue weighted by Gasteiger charge is 2.24. The lowest BCUT2D eigenvalue weighted by atomic mass is 9.97. The quantitative estimate of drug-likeness (QED) is 0.588. The molecule has 2 fully saturated rings. The second kappa shape index (κ2) is 11.3. The fourth-order valence-electron chi connectivity index (χ4n) is 4.67. The van der Waals surface area contributed by atoms with E-state index >= 15 is 0 Å². The van der Waals surface area contributed by atoms with Crippen LogP contribution in [0.15, 0.2) is 48.7 Å². The van der Waals surface area contributed by atoms with Crippen molar-refractivity contribution < 1.29 is 14.3 Å². The first-order chi connectivity index (χ1) is 15.7. The van der Waals surface area contributed by atoms with Gasteiger partial charge in [-0.25, -0.2) is 9.78 Å². The van der Waals surface area contributed by atoms with Crippen LogP contribution in [0.25, 0.3) is 0 Å². The molecule has 0 bridgehead atoms. The van der Waals surface area contributed by atoms with Crippen molar-refractivity contribution >= 4 is 11.8 Å². The molecule has 0 amide bonds. The van der Waals surface area contributed by atoms with E-state index < -0.39 is 0 Å². The Morgan fingerprint density at radius 1 is 1.03 bits per heavy atom. The lowest BCUT2D eigenvalue weighted by molar-refractivity contribution is 0.0600. The van der Waals surface area contributed by atoms with Crippen LogP contribution < -0.4 is 9.64 Å². The number of hydrogen-bond donors (Lipinski definition) is 0. The lowest BCUT2D eigenvalue weighted by Crippen LogP contribution is -2.50. The van der Waals surface area contributed by atoms with Crippen molar-refractivity contribution in [2.24, 2.45) is 5.92 Å². The minimum Gasteiger partial charge on any atom is -0.492 e. The Bertz CT molecular complexity index is 838. The van der Waals surface area contributed by atoms with E-state index in [0.29, 0.717) is 12.2 Å². The number of aromatic nitrogens is 1. The van der Waals surface area contributed by atoms with Gasteiger partial charge in [-0.05, 0) is 61.7 Å². The zero-order valence-electron chi connectivity index (χ0n) is 19.0. The Hall–Kier alpha value is -2.64. The van der Waals surface area contributed by atoms with Crippen LogP contribution in [-0.4, -0.2) is 86.8 Å². The number of pyridine rings is 1. The van der Waals surface area contributed by atoms with Crippen LogP contribution >= 0.6 is 0 Å². The summed E-state index contributed by atoms with van der Waals surface area (Å²) in [6.45, 7) is 9.39. The molecule has 2 aliphatic rings. The van der Waals surface area contributed by atoms with Crippen LogP contribution in [0.3, 0.4) is 0 Å². The molecule has 172 valence electrons. The fourth-order valence-corrected chi connectivity index (χ4v) is 4.67. The van der Waals surface area contributed by atoms with Gasteiger partial charge in [0.2, 0.25) is 0 Å². The Balaban J connectivity index is 1.16. The number of carbonyl (C=O) groups is 1. The highest BCUT2D eigenvalue weighted by molar-refractivity contribution is 5.89. The second-order valence-corrected chi connectivity index (χ2v) is 8.65. The molecule has 3 heterocycles. The molecule has 1 aromatic carbocycles. The van der Waals surface area contributed by atoms with Gasteiger partial charge in [0.05, 0.1) is 12.7 Å². The smallest absolute Gasteiger partial charge is 0.337 e. The van der Waals surface area contributed by atoms with Gasteiger partial charge in [-0.2, -0.15) is 0 Å². The number of likely N-dealkylation sites (tertiary alicyclic amines) is 1. The molecule has 2 aliphatic heterocycles. The second-order valence-electron chi connectivity index (χ2n) is 8.65. The Kier molecular flexibility index (Phi) is 7.96. The third kappa shape index (κ3) is 6.20. The predicted molar refractivity (Wildman–Crippen MR) is 125 cm³/mol. The number of piperazine rings is 1. The van der Waals surface area contributed by atoms with E-state index in [-0.39, 0.29) is 5.97 Å². The van der Waals surface area contributed by atoms with Gasteiger partial charge >= 0.3 is 5.97 Å². The van der Waals surface area contributed by atoms with E-state index in [1.165, 1.54) is 26.5 Å². The first-order valence-electron chi connectivity index (χ1n) is 11.6. The van der Waals surface area contributed by atoms with Gasteiger partial charge in [0, 0.05) is 52.0 Å². The number of esters is 1. The maximum absolute atomic E-state index is 11.5. The minimum atomic E-state index is -0.325. The highest BCUT2D eigenvalue weighted by atomic mass is 16.5. The average Bonchev–Trinajstić information content (AvgIpc) is 2.85. The van der Waals surface area contributed by atoms with Gasteiger partial charge in [0.25, 0.3) is 0 Å². The summed E-state index contributed by atoms with van der Waals surface area (Å²) in [5.74, 6) is 2.28. The molecule has 2 aromatic rings. The van der Waals surface area contributed by atoms with E-state index in [9.17, 15) is 4.79 Å².